The number of aryl methyl sites for hydroxylation is 1. The monoisotopic (exact) mass is 231 g/mol. The molecule has 0 amide bonds. The maximum Gasteiger partial charge on any atom is 0.261 e. The minimum absolute atomic E-state index is 0.171. The van der Waals surface area contributed by atoms with Crippen LogP contribution < -0.4 is 10.3 Å². The molecule has 0 spiro atoms. The van der Waals surface area contributed by atoms with E-state index in [2.05, 4.69) is 0 Å². The highest BCUT2D eigenvalue weighted by atomic mass is 16.5. The molecule has 0 saturated heterocycles. The van der Waals surface area contributed by atoms with Crippen LogP contribution in [0.3, 0.4) is 0 Å². The van der Waals surface area contributed by atoms with Gasteiger partial charge in [-0.25, -0.2) is 0 Å². The number of hydrogen-bond acceptors (Lipinski definition) is 3. The predicted molar refractivity (Wildman–Crippen MR) is 65.7 cm³/mol. The highest BCUT2D eigenvalue weighted by Gasteiger charge is 2.06. The van der Waals surface area contributed by atoms with Crippen LogP contribution in [0.1, 0.15) is 17.3 Å². The molecule has 0 radical (unpaired) electrons. The first kappa shape index (κ1) is 11.4. The van der Waals surface area contributed by atoms with Crippen LogP contribution in [0.15, 0.2) is 29.1 Å². The van der Waals surface area contributed by atoms with Gasteiger partial charge in [0.2, 0.25) is 0 Å². The van der Waals surface area contributed by atoms with E-state index in [1.165, 1.54) is 4.57 Å². The minimum Gasteiger partial charge on any atom is -0.494 e. The van der Waals surface area contributed by atoms with E-state index in [0.29, 0.717) is 18.6 Å². The Kier molecular flexibility index (Phi) is 2.95. The number of benzene rings is 1. The lowest BCUT2D eigenvalue weighted by Gasteiger charge is -2.08. The zero-order valence-corrected chi connectivity index (χ0v) is 9.77. The van der Waals surface area contributed by atoms with E-state index in [9.17, 15) is 9.59 Å². The van der Waals surface area contributed by atoms with Gasteiger partial charge in [0.25, 0.3) is 5.56 Å². The van der Waals surface area contributed by atoms with Crippen molar-refractivity contribution in [3.63, 3.8) is 0 Å². The van der Waals surface area contributed by atoms with Crippen LogP contribution in [0, 0.1) is 0 Å². The number of nitrogens with zero attached hydrogens (tertiary/aromatic N) is 1. The van der Waals surface area contributed by atoms with E-state index >= 15 is 0 Å². The first-order valence-corrected chi connectivity index (χ1v) is 5.39. The zero-order chi connectivity index (χ0) is 12.4. The number of aromatic nitrogens is 1. The predicted octanol–water partition coefficient (Wildman–Crippen LogP) is 1.75. The molecule has 2 aromatic rings. The van der Waals surface area contributed by atoms with Gasteiger partial charge in [-0.15, -0.1) is 0 Å². The van der Waals surface area contributed by atoms with Crippen molar-refractivity contribution in [1.82, 2.24) is 4.57 Å². The van der Waals surface area contributed by atoms with Crippen molar-refractivity contribution in [3.05, 3.63) is 40.2 Å². The quantitative estimate of drug-likeness (QED) is 0.756. The standard InChI is InChI=1S/C13H13NO3/c1-3-17-11-5-4-9-6-10(8-15)13(16)14(2)12(9)7-11/h4-8H,3H2,1-2H3. The lowest BCUT2D eigenvalue weighted by molar-refractivity contribution is 0.112. The van der Waals surface area contributed by atoms with Gasteiger partial charge in [-0.3, -0.25) is 9.59 Å². The Balaban J connectivity index is 2.74. The molecular formula is C13H13NO3. The Morgan fingerprint density at radius 3 is 2.76 bits per heavy atom. The summed E-state index contributed by atoms with van der Waals surface area (Å²) in [4.78, 5) is 22.5. The summed E-state index contributed by atoms with van der Waals surface area (Å²) < 4.78 is 6.84. The molecule has 0 atom stereocenters. The van der Waals surface area contributed by atoms with Gasteiger partial charge in [0.05, 0.1) is 17.7 Å². The Bertz CT molecular complexity index is 628. The summed E-state index contributed by atoms with van der Waals surface area (Å²) in [5, 5.41) is 0.845. The number of rotatable bonds is 3. The fraction of sp³-hybridized carbons (Fsp3) is 0.231. The summed E-state index contributed by atoms with van der Waals surface area (Å²) in [6.07, 6.45) is 0.582. The molecule has 2 rings (SSSR count). The first-order chi connectivity index (χ1) is 8.17. The van der Waals surface area contributed by atoms with E-state index in [1.807, 2.05) is 19.1 Å². The molecule has 0 aliphatic heterocycles. The van der Waals surface area contributed by atoms with Gasteiger partial charge >= 0.3 is 0 Å². The smallest absolute Gasteiger partial charge is 0.261 e. The molecule has 1 aromatic heterocycles. The second-order valence-corrected chi connectivity index (χ2v) is 3.74. The van der Waals surface area contributed by atoms with Gasteiger partial charge in [-0.2, -0.15) is 0 Å². The fourth-order valence-corrected chi connectivity index (χ4v) is 1.81. The zero-order valence-electron chi connectivity index (χ0n) is 9.77. The van der Waals surface area contributed by atoms with Crippen LogP contribution in [0.5, 0.6) is 5.75 Å². The second-order valence-electron chi connectivity index (χ2n) is 3.74. The van der Waals surface area contributed by atoms with Gasteiger partial charge in [0, 0.05) is 13.1 Å². The summed E-state index contributed by atoms with van der Waals surface area (Å²) in [5.74, 6) is 0.717. The van der Waals surface area contributed by atoms with E-state index in [0.717, 1.165) is 10.9 Å². The summed E-state index contributed by atoms with van der Waals surface area (Å²) in [6, 6.07) is 7.06. The average molecular weight is 231 g/mol. The van der Waals surface area contributed by atoms with Crippen molar-refractivity contribution >= 4 is 17.2 Å². The Morgan fingerprint density at radius 1 is 1.35 bits per heavy atom. The number of ether oxygens (including phenoxy) is 1. The van der Waals surface area contributed by atoms with Gasteiger partial charge in [0.1, 0.15) is 5.75 Å². The third-order valence-electron chi connectivity index (χ3n) is 2.66. The normalized spacial score (nSPS) is 10.5. The number of pyridine rings is 1. The van der Waals surface area contributed by atoms with Crippen molar-refractivity contribution in [2.24, 2.45) is 7.05 Å². The molecular weight excluding hydrogens is 218 g/mol. The first-order valence-electron chi connectivity index (χ1n) is 5.39. The molecule has 0 aliphatic rings. The number of carbonyl (C=O) groups excluding carboxylic acids is 1. The lowest BCUT2D eigenvalue weighted by atomic mass is 10.1. The maximum absolute atomic E-state index is 11.8. The highest BCUT2D eigenvalue weighted by molar-refractivity contribution is 5.86. The van der Waals surface area contributed by atoms with Gasteiger partial charge in [0.15, 0.2) is 6.29 Å². The molecule has 4 nitrogen and oxygen atoms in total. The second kappa shape index (κ2) is 4.41. The molecule has 1 heterocycles. The molecule has 4 heteroatoms. The number of aldehydes is 1. The van der Waals surface area contributed by atoms with Crippen LogP contribution in [-0.4, -0.2) is 17.5 Å². The van der Waals surface area contributed by atoms with Crippen LogP contribution in [0.2, 0.25) is 0 Å². The number of fused-ring (bicyclic) bond motifs is 1. The number of carbonyl (C=O) groups is 1. The van der Waals surface area contributed by atoms with Crippen LogP contribution in [0.4, 0.5) is 0 Å². The summed E-state index contributed by atoms with van der Waals surface area (Å²) in [6.45, 7) is 2.48. The molecule has 0 bridgehead atoms. The Labute approximate surface area is 98.4 Å². The van der Waals surface area contributed by atoms with Gasteiger partial charge < -0.3 is 9.30 Å². The summed E-state index contributed by atoms with van der Waals surface area (Å²) >= 11 is 0. The summed E-state index contributed by atoms with van der Waals surface area (Å²) in [7, 11) is 1.65. The highest BCUT2D eigenvalue weighted by Crippen LogP contribution is 2.19. The van der Waals surface area contributed by atoms with Crippen LogP contribution in [-0.2, 0) is 7.05 Å². The van der Waals surface area contributed by atoms with Crippen molar-refractivity contribution in [1.29, 1.82) is 0 Å². The van der Waals surface area contributed by atoms with Crippen LogP contribution >= 0.6 is 0 Å². The molecule has 0 saturated carbocycles. The number of hydrogen-bond donors (Lipinski definition) is 0. The van der Waals surface area contributed by atoms with E-state index in [4.69, 9.17) is 4.74 Å². The molecule has 0 aliphatic carbocycles. The Morgan fingerprint density at radius 2 is 2.12 bits per heavy atom. The van der Waals surface area contributed by atoms with Gasteiger partial charge in [-0.1, -0.05) is 0 Å². The van der Waals surface area contributed by atoms with E-state index in [1.54, 1.807) is 19.2 Å². The Hall–Kier alpha value is -2.10. The average Bonchev–Trinajstić information content (AvgIpc) is 2.34. The van der Waals surface area contributed by atoms with Crippen molar-refractivity contribution < 1.29 is 9.53 Å². The van der Waals surface area contributed by atoms with Crippen molar-refractivity contribution in [2.45, 2.75) is 6.92 Å². The third-order valence-corrected chi connectivity index (χ3v) is 2.66. The van der Waals surface area contributed by atoms with Gasteiger partial charge in [-0.05, 0) is 30.5 Å². The molecule has 0 N–H and O–H groups in total. The van der Waals surface area contributed by atoms with Crippen molar-refractivity contribution in [3.8, 4) is 5.75 Å². The SMILES string of the molecule is CCOc1ccc2cc(C=O)c(=O)n(C)c2c1. The maximum atomic E-state index is 11.8. The molecule has 0 unspecified atom stereocenters. The van der Waals surface area contributed by atoms with E-state index < -0.39 is 0 Å². The molecule has 88 valence electrons. The van der Waals surface area contributed by atoms with Crippen LogP contribution in [0.25, 0.3) is 10.9 Å². The third kappa shape index (κ3) is 1.93. The van der Waals surface area contributed by atoms with E-state index in [-0.39, 0.29) is 11.1 Å². The molecule has 0 fully saturated rings. The largest absolute Gasteiger partial charge is 0.494 e. The topological polar surface area (TPSA) is 48.3 Å². The molecule has 17 heavy (non-hydrogen) atoms. The van der Waals surface area contributed by atoms with Crippen molar-refractivity contribution in [2.75, 3.05) is 6.61 Å². The lowest BCUT2D eigenvalue weighted by Crippen LogP contribution is -2.20. The molecule has 1 aromatic carbocycles. The summed E-state index contributed by atoms with van der Waals surface area (Å²) in [5.41, 5.74) is 0.636. The fourth-order valence-electron chi connectivity index (χ4n) is 1.81. The minimum atomic E-state index is -0.291.